The molecule has 1 fully saturated rings. The van der Waals surface area contributed by atoms with E-state index in [1.165, 1.54) is 11.1 Å². The van der Waals surface area contributed by atoms with Crippen molar-refractivity contribution in [2.75, 3.05) is 13.1 Å². The Kier molecular flexibility index (Phi) is 6.35. The van der Waals surface area contributed by atoms with E-state index in [1.807, 2.05) is 29.2 Å². The Bertz CT molecular complexity index is 924. The smallest absolute Gasteiger partial charge is 0.222 e. The highest BCUT2D eigenvalue weighted by Gasteiger charge is 2.25. The van der Waals surface area contributed by atoms with Crippen LogP contribution < -0.4 is 0 Å². The summed E-state index contributed by atoms with van der Waals surface area (Å²) >= 11 is 0. The summed E-state index contributed by atoms with van der Waals surface area (Å²) in [5.74, 6) is 0.596. The fraction of sp³-hybridized carbons (Fsp3) is 0.308. The zero-order valence-electron chi connectivity index (χ0n) is 16.8. The van der Waals surface area contributed by atoms with Crippen LogP contribution in [-0.4, -0.2) is 28.9 Å². The third-order valence-corrected chi connectivity index (χ3v) is 5.72. The summed E-state index contributed by atoms with van der Waals surface area (Å²) in [6.45, 7) is 1.66. The normalized spacial score (nSPS) is 16.6. The third kappa shape index (κ3) is 5.32. The van der Waals surface area contributed by atoms with Gasteiger partial charge in [0.05, 0.1) is 0 Å². The van der Waals surface area contributed by atoms with E-state index < -0.39 is 0 Å². The number of aromatic nitrogens is 1. The quantitative estimate of drug-likeness (QED) is 0.598. The van der Waals surface area contributed by atoms with Gasteiger partial charge >= 0.3 is 0 Å². The van der Waals surface area contributed by atoms with Gasteiger partial charge in [0.15, 0.2) is 0 Å². The second-order valence-corrected chi connectivity index (χ2v) is 7.88. The number of pyridine rings is 1. The maximum Gasteiger partial charge on any atom is 0.222 e. The van der Waals surface area contributed by atoms with Gasteiger partial charge in [0.1, 0.15) is 0 Å². The van der Waals surface area contributed by atoms with Gasteiger partial charge in [-0.1, -0.05) is 66.7 Å². The van der Waals surface area contributed by atoms with Gasteiger partial charge in [0.2, 0.25) is 5.91 Å². The first-order chi connectivity index (χ1) is 14.3. The van der Waals surface area contributed by atoms with Crippen molar-refractivity contribution < 1.29 is 4.79 Å². The third-order valence-electron chi connectivity index (χ3n) is 5.72. The van der Waals surface area contributed by atoms with Crippen LogP contribution in [-0.2, 0) is 17.6 Å². The predicted molar refractivity (Wildman–Crippen MR) is 117 cm³/mol. The summed E-state index contributed by atoms with van der Waals surface area (Å²) in [6.07, 6.45) is 4.39. The first kappa shape index (κ1) is 19.4. The molecule has 0 radical (unpaired) electrons. The number of carbonyl (C=O) groups is 1. The maximum atomic E-state index is 12.8. The van der Waals surface area contributed by atoms with Crippen molar-refractivity contribution in [2.24, 2.45) is 0 Å². The number of rotatable bonds is 6. The summed E-state index contributed by atoms with van der Waals surface area (Å²) in [6, 6.07) is 27.1. The SMILES string of the molecule is O=C(CCc1ccccc1)N1CCC[C@H](c2cccc(Cc3ccccc3)n2)C1. The average Bonchev–Trinajstić information content (AvgIpc) is 2.79. The molecule has 29 heavy (non-hydrogen) atoms. The van der Waals surface area contributed by atoms with E-state index in [2.05, 4.69) is 54.6 Å². The van der Waals surface area contributed by atoms with Crippen LogP contribution in [0.3, 0.4) is 0 Å². The molecule has 4 rings (SSSR count). The van der Waals surface area contributed by atoms with Crippen molar-refractivity contribution in [2.45, 2.75) is 38.0 Å². The Balaban J connectivity index is 1.38. The summed E-state index contributed by atoms with van der Waals surface area (Å²) in [7, 11) is 0. The van der Waals surface area contributed by atoms with Gasteiger partial charge in [-0.15, -0.1) is 0 Å². The van der Waals surface area contributed by atoms with Gasteiger partial charge in [0.25, 0.3) is 0 Å². The van der Waals surface area contributed by atoms with Crippen molar-refractivity contribution in [3.05, 3.63) is 101 Å². The Morgan fingerprint density at radius 1 is 0.897 bits per heavy atom. The predicted octanol–water partition coefficient (Wildman–Crippen LogP) is 5.01. The van der Waals surface area contributed by atoms with Crippen LogP contribution in [0.5, 0.6) is 0 Å². The van der Waals surface area contributed by atoms with Crippen molar-refractivity contribution in [1.29, 1.82) is 0 Å². The first-order valence-corrected chi connectivity index (χ1v) is 10.6. The van der Waals surface area contributed by atoms with Gasteiger partial charge in [-0.2, -0.15) is 0 Å². The zero-order chi connectivity index (χ0) is 19.9. The molecule has 3 nitrogen and oxygen atoms in total. The van der Waals surface area contributed by atoms with Gasteiger partial charge < -0.3 is 4.90 Å². The molecule has 0 spiro atoms. The van der Waals surface area contributed by atoms with E-state index in [-0.39, 0.29) is 5.91 Å². The minimum atomic E-state index is 0.263. The molecule has 148 valence electrons. The molecule has 1 atom stereocenters. The van der Waals surface area contributed by atoms with Crippen molar-refractivity contribution in [3.63, 3.8) is 0 Å². The minimum absolute atomic E-state index is 0.263. The summed E-state index contributed by atoms with van der Waals surface area (Å²) in [4.78, 5) is 19.7. The number of hydrogen-bond acceptors (Lipinski definition) is 2. The number of amides is 1. The molecule has 0 saturated carbocycles. The number of carbonyl (C=O) groups excluding carboxylic acids is 1. The minimum Gasteiger partial charge on any atom is -0.342 e. The highest BCUT2D eigenvalue weighted by molar-refractivity contribution is 5.76. The highest BCUT2D eigenvalue weighted by Crippen LogP contribution is 2.26. The Morgan fingerprint density at radius 2 is 1.62 bits per heavy atom. The van der Waals surface area contributed by atoms with E-state index in [4.69, 9.17) is 4.98 Å². The first-order valence-electron chi connectivity index (χ1n) is 10.6. The molecule has 0 N–H and O–H groups in total. The molecule has 3 aromatic rings. The largest absolute Gasteiger partial charge is 0.342 e. The van der Waals surface area contributed by atoms with Gasteiger partial charge in [-0.05, 0) is 42.5 Å². The molecule has 0 bridgehead atoms. The molecule has 0 unspecified atom stereocenters. The second kappa shape index (κ2) is 9.51. The van der Waals surface area contributed by atoms with Crippen LogP contribution in [0.2, 0.25) is 0 Å². The molecule has 1 saturated heterocycles. The molecule has 1 aliphatic rings. The van der Waals surface area contributed by atoms with Gasteiger partial charge in [-0.3, -0.25) is 9.78 Å². The van der Waals surface area contributed by atoms with Crippen LogP contribution >= 0.6 is 0 Å². The molecule has 3 heteroatoms. The summed E-state index contributed by atoms with van der Waals surface area (Å²) in [5, 5.41) is 0. The van der Waals surface area contributed by atoms with Crippen molar-refractivity contribution >= 4 is 5.91 Å². The molecule has 2 heterocycles. The van der Waals surface area contributed by atoms with E-state index in [0.717, 1.165) is 50.2 Å². The Morgan fingerprint density at radius 3 is 2.38 bits per heavy atom. The zero-order valence-corrected chi connectivity index (χ0v) is 16.8. The molecular weight excluding hydrogens is 356 g/mol. The lowest BCUT2D eigenvalue weighted by Gasteiger charge is -2.32. The van der Waals surface area contributed by atoms with E-state index in [0.29, 0.717) is 12.3 Å². The molecule has 1 aromatic heterocycles. The maximum absolute atomic E-state index is 12.8. The van der Waals surface area contributed by atoms with Gasteiger partial charge in [0, 0.05) is 43.2 Å². The van der Waals surface area contributed by atoms with Crippen molar-refractivity contribution in [1.82, 2.24) is 9.88 Å². The van der Waals surface area contributed by atoms with Crippen LogP contribution in [0.25, 0.3) is 0 Å². The Labute approximate surface area is 173 Å². The van der Waals surface area contributed by atoms with E-state index in [1.54, 1.807) is 0 Å². The fourth-order valence-electron chi connectivity index (χ4n) is 4.13. The number of likely N-dealkylation sites (tertiary alicyclic amines) is 1. The number of hydrogen-bond donors (Lipinski definition) is 0. The Hall–Kier alpha value is -2.94. The molecular formula is C26H28N2O. The standard InChI is InChI=1S/C26H28N2O/c29-26(17-16-21-9-3-1-4-10-21)28-18-8-13-23(20-28)25-15-7-14-24(27-25)19-22-11-5-2-6-12-22/h1-7,9-12,14-15,23H,8,13,16-20H2/t23-/m0/s1. The number of piperidine rings is 1. The lowest BCUT2D eigenvalue weighted by atomic mass is 9.93. The van der Waals surface area contributed by atoms with Crippen LogP contribution in [0, 0.1) is 0 Å². The number of aryl methyl sites for hydroxylation is 1. The summed E-state index contributed by atoms with van der Waals surface area (Å²) in [5.41, 5.74) is 4.73. The molecule has 1 aliphatic heterocycles. The monoisotopic (exact) mass is 384 g/mol. The number of benzene rings is 2. The average molecular weight is 385 g/mol. The lowest BCUT2D eigenvalue weighted by molar-refractivity contribution is -0.132. The van der Waals surface area contributed by atoms with Crippen LogP contribution in [0.4, 0.5) is 0 Å². The topological polar surface area (TPSA) is 33.2 Å². The van der Waals surface area contributed by atoms with E-state index >= 15 is 0 Å². The molecule has 0 aliphatic carbocycles. The van der Waals surface area contributed by atoms with Crippen molar-refractivity contribution in [3.8, 4) is 0 Å². The molecule has 1 amide bonds. The van der Waals surface area contributed by atoms with Gasteiger partial charge in [-0.25, -0.2) is 0 Å². The van der Waals surface area contributed by atoms with E-state index in [9.17, 15) is 4.79 Å². The molecule has 2 aromatic carbocycles. The summed E-state index contributed by atoms with van der Waals surface area (Å²) < 4.78 is 0. The highest BCUT2D eigenvalue weighted by atomic mass is 16.2. The van der Waals surface area contributed by atoms with Crippen LogP contribution in [0.15, 0.2) is 78.9 Å². The lowest BCUT2D eigenvalue weighted by Crippen LogP contribution is -2.39. The second-order valence-electron chi connectivity index (χ2n) is 7.88. The fourth-order valence-corrected chi connectivity index (χ4v) is 4.13. The van der Waals surface area contributed by atoms with Crippen LogP contribution in [0.1, 0.15) is 47.7 Å². The number of nitrogens with zero attached hydrogens (tertiary/aromatic N) is 2.